The lowest BCUT2D eigenvalue weighted by Crippen LogP contribution is -2.43. The van der Waals surface area contributed by atoms with Crippen molar-refractivity contribution in [2.75, 3.05) is 26.2 Å². The molecule has 0 aliphatic carbocycles. The Labute approximate surface area is 78.4 Å². The Morgan fingerprint density at radius 2 is 2.38 bits per heavy atom. The molecule has 0 aromatic heterocycles. The van der Waals surface area contributed by atoms with Crippen molar-refractivity contribution >= 4 is 6.03 Å². The molecule has 0 aromatic carbocycles. The number of amides is 2. The third kappa shape index (κ3) is 4.10. The van der Waals surface area contributed by atoms with Gasteiger partial charge in [0, 0.05) is 25.7 Å². The summed E-state index contributed by atoms with van der Waals surface area (Å²) in [5.41, 5.74) is 5.24. The molecule has 0 spiro atoms. The minimum Gasteiger partial charge on any atom is -0.337 e. The van der Waals surface area contributed by atoms with Crippen molar-refractivity contribution in [3.63, 3.8) is 0 Å². The lowest BCUT2D eigenvalue weighted by atomic mass is 10.2. The predicted octanol–water partition coefficient (Wildman–Crippen LogP) is -1.00. The molecule has 2 amide bonds. The Bertz CT molecular complexity index is 156. The Hall–Kier alpha value is -0.810. The van der Waals surface area contributed by atoms with Gasteiger partial charge in [-0.05, 0) is 19.4 Å². The van der Waals surface area contributed by atoms with Crippen LogP contribution in [-0.2, 0) is 0 Å². The van der Waals surface area contributed by atoms with Crippen LogP contribution in [0.15, 0.2) is 0 Å². The van der Waals surface area contributed by atoms with Crippen molar-refractivity contribution in [1.82, 2.24) is 16.0 Å². The van der Waals surface area contributed by atoms with Crippen molar-refractivity contribution in [2.45, 2.75) is 18.9 Å². The maximum Gasteiger partial charge on any atom is 0.314 e. The highest BCUT2D eigenvalue weighted by molar-refractivity contribution is 5.73. The van der Waals surface area contributed by atoms with Crippen LogP contribution in [0.5, 0.6) is 0 Å². The highest BCUT2D eigenvalue weighted by Crippen LogP contribution is 2.02. The number of carbonyl (C=O) groups excluding carboxylic acids is 1. The van der Waals surface area contributed by atoms with Crippen LogP contribution >= 0.6 is 0 Å². The minimum atomic E-state index is -0.126. The van der Waals surface area contributed by atoms with Gasteiger partial charge < -0.3 is 21.7 Å². The van der Waals surface area contributed by atoms with Crippen molar-refractivity contribution in [2.24, 2.45) is 5.73 Å². The number of rotatable bonds is 4. The van der Waals surface area contributed by atoms with Crippen LogP contribution in [0, 0.1) is 0 Å². The number of nitrogens with two attached hydrogens (primary N) is 1. The molecule has 5 heteroatoms. The summed E-state index contributed by atoms with van der Waals surface area (Å²) >= 11 is 0. The Balaban J connectivity index is 2.00. The first-order valence-corrected chi connectivity index (χ1v) is 4.78. The summed E-state index contributed by atoms with van der Waals surface area (Å²) in [5, 5.41) is 8.75. The van der Waals surface area contributed by atoms with Crippen LogP contribution in [0.25, 0.3) is 0 Å². The summed E-state index contributed by atoms with van der Waals surface area (Å²) in [4.78, 5) is 11.1. The molecular weight excluding hydrogens is 168 g/mol. The summed E-state index contributed by atoms with van der Waals surface area (Å²) in [5.74, 6) is 0. The largest absolute Gasteiger partial charge is 0.337 e. The van der Waals surface area contributed by atoms with Crippen molar-refractivity contribution in [1.29, 1.82) is 0 Å². The summed E-state index contributed by atoms with van der Waals surface area (Å²) in [7, 11) is 0. The molecule has 13 heavy (non-hydrogen) atoms. The fraction of sp³-hybridized carbons (Fsp3) is 0.875. The molecule has 5 nitrogen and oxygen atoms in total. The number of hydrogen-bond donors (Lipinski definition) is 4. The quantitative estimate of drug-likeness (QED) is 0.454. The van der Waals surface area contributed by atoms with Crippen molar-refractivity contribution < 1.29 is 4.79 Å². The summed E-state index contributed by atoms with van der Waals surface area (Å²) in [6, 6.07) is 0.322. The molecule has 1 fully saturated rings. The van der Waals surface area contributed by atoms with Crippen LogP contribution in [-0.4, -0.2) is 38.3 Å². The highest BCUT2D eigenvalue weighted by atomic mass is 16.2. The van der Waals surface area contributed by atoms with Gasteiger partial charge in [-0.25, -0.2) is 4.79 Å². The predicted molar refractivity (Wildman–Crippen MR) is 51.5 cm³/mol. The molecule has 1 aliphatic rings. The molecule has 0 saturated carbocycles. The van der Waals surface area contributed by atoms with Crippen LogP contribution < -0.4 is 21.7 Å². The maximum absolute atomic E-state index is 11.1. The zero-order valence-electron chi connectivity index (χ0n) is 7.81. The maximum atomic E-state index is 11.1. The van der Waals surface area contributed by atoms with Gasteiger partial charge in [0.25, 0.3) is 0 Å². The normalized spacial score (nSPS) is 21.5. The summed E-state index contributed by atoms with van der Waals surface area (Å²) in [6.07, 6.45) is 2.36. The fourth-order valence-electron chi connectivity index (χ4n) is 1.40. The van der Waals surface area contributed by atoms with E-state index in [1.807, 2.05) is 0 Å². The lowest BCUT2D eigenvalue weighted by molar-refractivity contribution is 0.240. The van der Waals surface area contributed by atoms with E-state index in [2.05, 4.69) is 16.0 Å². The molecule has 76 valence electrons. The van der Waals surface area contributed by atoms with Crippen LogP contribution in [0.2, 0.25) is 0 Å². The molecule has 1 aliphatic heterocycles. The van der Waals surface area contributed by atoms with E-state index in [0.717, 1.165) is 13.0 Å². The van der Waals surface area contributed by atoms with Gasteiger partial charge in [0.15, 0.2) is 0 Å². The van der Waals surface area contributed by atoms with Gasteiger partial charge in [0.05, 0.1) is 0 Å². The van der Waals surface area contributed by atoms with E-state index < -0.39 is 0 Å². The van der Waals surface area contributed by atoms with Gasteiger partial charge >= 0.3 is 6.03 Å². The third-order valence-corrected chi connectivity index (χ3v) is 2.10. The van der Waals surface area contributed by atoms with E-state index in [1.165, 1.54) is 6.42 Å². The van der Waals surface area contributed by atoms with E-state index in [9.17, 15) is 4.79 Å². The molecule has 1 unspecified atom stereocenters. The average Bonchev–Trinajstić information content (AvgIpc) is 2.64. The second-order valence-electron chi connectivity index (χ2n) is 3.22. The van der Waals surface area contributed by atoms with Gasteiger partial charge in [-0.3, -0.25) is 0 Å². The zero-order valence-corrected chi connectivity index (χ0v) is 7.81. The highest BCUT2D eigenvalue weighted by Gasteiger charge is 2.13. The number of urea groups is 1. The van der Waals surface area contributed by atoms with Crippen molar-refractivity contribution in [3.05, 3.63) is 0 Å². The molecule has 5 N–H and O–H groups in total. The number of hydrogen-bond acceptors (Lipinski definition) is 3. The Kier molecular flexibility index (Phi) is 4.56. The van der Waals surface area contributed by atoms with Gasteiger partial charge in [-0.15, -0.1) is 0 Å². The first-order valence-electron chi connectivity index (χ1n) is 4.78. The monoisotopic (exact) mass is 186 g/mol. The van der Waals surface area contributed by atoms with Gasteiger partial charge in [0.1, 0.15) is 0 Å². The van der Waals surface area contributed by atoms with E-state index in [0.29, 0.717) is 25.7 Å². The second kappa shape index (κ2) is 5.77. The van der Waals surface area contributed by atoms with E-state index >= 15 is 0 Å². The summed E-state index contributed by atoms with van der Waals surface area (Å²) < 4.78 is 0. The molecular formula is C8H18N4O. The van der Waals surface area contributed by atoms with E-state index in [1.54, 1.807) is 0 Å². The van der Waals surface area contributed by atoms with Crippen LogP contribution in [0.3, 0.4) is 0 Å². The lowest BCUT2D eigenvalue weighted by Gasteiger charge is -2.11. The molecule has 0 bridgehead atoms. The Morgan fingerprint density at radius 1 is 1.54 bits per heavy atom. The third-order valence-electron chi connectivity index (χ3n) is 2.10. The zero-order chi connectivity index (χ0) is 9.52. The van der Waals surface area contributed by atoms with Crippen molar-refractivity contribution in [3.8, 4) is 0 Å². The van der Waals surface area contributed by atoms with Crippen LogP contribution in [0.1, 0.15) is 12.8 Å². The molecule has 1 rings (SSSR count). The topological polar surface area (TPSA) is 79.2 Å². The van der Waals surface area contributed by atoms with E-state index in [-0.39, 0.29) is 6.03 Å². The van der Waals surface area contributed by atoms with Crippen LogP contribution in [0.4, 0.5) is 4.79 Å². The minimum absolute atomic E-state index is 0.126. The number of carbonyl (C=O) groups is 1. The molecule has 1 heterocycles. The standard InChI is InChI=1S/C8H18N4O/c9-3-5-11-8(13)12-6-7-2-1-4-10-7/h7,10H,1-6,9H2,(H2,11,12,13). The number of nitrogens with one attached hydrogen (secondary N) is 3. The van der Waals surface area contributed by atoms with E-state index in [4.69, 9.17) is 5.73 Å². The smallest absolute Gasteiger partial charge is 0.314 e. The van der Waals surface area contributed by atoms with Gasteiger partial charge in [-0.2, -0.15) is 0 Å². The molecule has 0 aromatic rings. The molecule has 0 radical (unpaired) electrons. The SMILES string of the molecule is NCCNC(=O)NCC1CCCN1. The molecule has 1 saturated heterocycles. The second-order valence-corrected chi connectivity index (χ2v) is 3.22. The average molecular weight is 186 g/mol. The molecule has 1 atom stereocenters. The van der Waals surface area contributed by atoms with Gasteiger partial charge in [0.2, 0.25) is 0 Å². The fourth-order valence-corrected chi connectivity index (χ4v) is 1.40. The summed E-state index contributed by atoms with van der Waals surface area (Å²) in [6.45, 7) is 2.78. The first kappa shape index (κ1) is 10.3. The first-order chi connectivity index (χ1) is 6.33. The Morgan fingerprint density at radius 3 is 3.00 bits per heavy atom. The van der Waals surface area contributed by atoms with Gasteiger partial charge in [-0.1, -0.05) is 0 Å².